The smallest absolute Gasteiger partial charge is 0.225 e. The SMILES string of the molecule is CCNC(=NCc1ccc(OC2CCCC2)nc1)N1CCN(c2ncccn2)CC1. The molecule has 2 fully saturated rings. The topological polar surface area (TPSA) is 78.8 Å². The second-order valence-corrected chi connectivity index (χ2v) is 7.72. The van der Waals surface area contributed by atoms with E-state index < -0.39 is 0 Å². The third kappa shape index (κ3) is 5.37. The van der Waals surface area contributed by atoms with Gasteiger partial charge in [0, 0.05) is 57.4 Å². The van der Waals surface area contributed by atoms with Gasteiger partial charge in [0.2, 0.25) is 11.8 Å². The first-order valence-electron chi connectivity index (χ1n) is 11.0. The van der Waals surface area contributed by atoms with E-state index in [4.69, 9.17) is 9.73 Å². The van der Waals surface area contributed by atoms with Gasteiger partial charge in [0.05, 0.1) is 6.54 Å². The van der Waals surface area contributed by atoms with E-state index in [1.165, 1.54) is 12.8 Å². The standard InChI is InChI=1S/C22H31N7O/c1-2-23-21(28-12-14-29(15-13-28)22-24-10-5-11-25-22)27-17-18-8-9-20(26-16-18)30-19-6-3-4-7-19/h5,8-11,16,19H,2-4,6-7,12-15,17H2,1H3,(H,23,27). The Balaban J connectivity index is 1.32. The fourth-order valence-electron chi connectivity index (χ4n) is 3.92. The number of hydrogen-bond acceptors (Lipinski definition) is 6. The zero-order chi connectivity index (χ0) is 20.6. The molecule has 1 aliphatic heterocycles. The Labute approximate surface area is 178 Å². The minimum Gasteiger partial charge on any atom is -0.474 e. The molecule has 0 unspecified atom stereocenters. The Morgan fingerprint density at radius 3 is 2.53 bits per heavy atom. The van der Waals surface area contributed by atoms with Gasteiger partial charge in [-0.05, 0) is 44.2 Å². The average Bonchev–Trinajstić information content (AvgIpc) is 3.31. The summed E-state index contributed by atoms with van der Waals surface area (Å²) in [4.78, 5) is 22.5. The first kappa shape index (κ1) is 20.4. The van der Waals surface area contributed by atoms with E-state index >= 15 is 0 Å². The normalized spacial score (nSPS) is 18.0. The number of rotatable bonds is 6. The minimum absolute atomic E-state index is 0.335. The van der Waals surface area contributed by atoms with Crippen molar-refractivity contribution in [3.63, 3.8) is 0 Å². The van der Waals surface area contributed by atoms with Gasteiger partial charge in [-0.3, -0.25) is 0 Å². The highest BCUT2D eigenvalue weighted by atomic mass is 16.5. The highest BCUT2D eigenvalue weighted by Crippen LogP contribution is 2.23. The lowest BCUT2D eigenvalue weighted by Crippen LogP contribution is -2.52. The summed E-state index contributed by atoms with van der Waals surface area (Å²) in [6.07, 6.45) is 10.6. The van der Waals surface area contributed by atoms with E-state index in [2.05, 4.69) is 43.1 Å². The minimum atomic E-state index is 0.335. The molecule has 1 saturated heterocycles. The van der Waals surface area contributed by atoms with Crippen LogP contribution >= 0.6 is 0 Å². The van der Waals surface area contributed by atoms with Gasteiger partial charge in [0.15, 0.2) is 5.96 Å². The number of guanidine groups is 1. The van der Waals surface area contributed by atoms with E-state index in [1.54, 1.807) is 12.4 Å². The predicted octanol–water partition coefficient (Wildman–Crippen LogP) is 2.48. The molecule has 1 saturated carbocycles. The third-order valence-corrected chi connectivity index (χ3v) is 5.55. The van der Waals surface area contributed by atoms with E-state index in [0.29, 0.717) is 12.6 Å². The third-order valence-electron chi connectivity index (χ3n) is 5.55. The van der Waals surface area contributed by atoms with Crippen molar-refractivity contribution in [3.05, 3.63) is 42.4 Å². The fraction of sp³-hybridized carbons (Fsp3) is 0.545. The molecular weight excluding hydrogens is 378 g/mol. The molecule has 0 spiro atoms. The van der Waals surface area contributed by atoms with Crippen LogP contribution in [0.4, 0.5) is 5.95 Å². The summed E-state index contributed by atoms with van der Waals surface area (Å²) in [5, 5.41) is 3.42. The number of aliphatic imine (C=N–C) groups is 1. The molecule has 30 heavy (non-hydrogen) atoms. The lowest BCUT2D eigenvalue weighted by Gasteiger charge is -2.36. The van der Waals surface area contributed by atoms with Crippen molar-refractivity contribution in [2.45, 2.75) is 45.3 Å². The zero-order valence-corrected chi connectivity index (χ0v) is 17.7. The molecule has 3 heterocycles. The zero-order valence-electron chi connectivity index (χ0n) is 17.7. The summed E-state index contributed by atoms with van der Waals surface area (Å²) < 4.78 is 5.95. The number of pyridine rings is 1. The van der Waals surface area contributed by atoms with Crippen molar-refractivity contribution in [1.82, 2.24) is 25.2 Å². The Kier molecular flexibility index (Phi) is 6.95. The van der Waals surface area contributed by atoms with Gasteiger partial charge in [-0.2, -0.15) is 0 Å². The van der Waals surface area contributed by atoms with Crippen LogP contribution in [0.2, 0.25) is 0 Å². The van der Waals surface area contributed by atoms with E-state index in [-0.39, 0.29) is 0 Å². The van der Waals surface area contributed by atoms with Crippen LogP contribution in [-0.4, -0.2) is 64.6 Å². The molecule has 1 aliphatic carbocycles. The van der Waals surface area contributed by atoms with E-state index in [0.717, 1.165) is 68.9 Å². The number of anilines is 1. The fourth-order valence-corrected chi connectivity index (χ4v) is 3.92. The maximum atomic E-state index is 5.95. The molecule has 2 aromatic rings. The van der Waals surface area contributed by atoms with Crippen LogP contribution in [0, 0.1) is 0 Å². The van der Waals surface area contributed by atoms with Gasteiger partial charge in [-0.15, -0.1) is 0 Å². The number of nitrogens with zero attached hydrogens (tertiary/aromatic N) is 6. The number of ether oxygens (including phenoxy) is 1. The highest BCUT2D eigenvalue weighted by molar-refractivity contribution is 5.80. The summed E-state index contributed by atoms with van der Waals surface area (Å²) in [6, 6.07) is 5.88. The second-order valence-electron chi connectivity index (χ2n) is 7.72. The van der Waals surface area contributed by atoms with Gasteiger partial charge in [0.1, 0.15) is 6.10 Å². The molecule has 0 bridgehead atoms. The monoisotopic (exact) mass is 409 g/mol. The highest BCUT2D eigenvalue weighted by Gasteiger charge is 2.21. The maximum Gasteiger partial charge on any atom is 0.225 e. The van der Waals surface area contributed by atoms with Crippen LogP contribution < -0.4 is 15.0 Å². The van der Waals surface area contributed by atoms with Crippen LogP contribution in [0.3, 0.4) is 0 Å². The molecule has 8 heteroatoms. The first-order chi connectivity index (χ1) is 14.8. The Morgan fingerprint density at radius 2 is 1.87 bits per heavy atom. The second kappa shape index (κ2) is 10.2. The van der Waals surface area contributed by atoms with Crippen LogP contribution in [0.25, 0.3) is 0 Å². The largest absolute Gasteiger partial charge is 0.474 e. The molecular formula is C22H31N7O. The molecule has 2 aliphatic rings. The van der Waals surface area contributed by atoms with E-state index in [1.807, 2.05) is 18.3 Å². The number of aromatic nitrogens is 3. The molecule has 0 radical (unpaired) electrons. The Morgan fingerprint density at radius 1 is 1.10 bits per heavy atom. The maximum absolute atomic E-state index is 5.95. The van der Waals surface area contributed by atoms with Crippen molar-refractivity contribution in [3.8, 4) is 5.88 Å². The van der Waals surface area contributed by atoms with Gasteiger partial charge in [-0.25, -0.2) is 19.9 Å². The van der Waals surface area contributed by atoms with Crippen LogP contribution in [-0.2, 0) is 6.54 Å². The first-order valence-corrected chi connectivity index (χ1v) is 11.0. The lowest BCUT2D eigenvalue weighted by molar-refractivity contribution is 0.201. The van der Waals surface area contributed by atoms with Crippen molar-refractivity contribution in [1.29, 1.82) is 0 Å². The summed E-state index contributed by atoms with van der Waals surface area (Å²) >= 11 is 0. The van der Waals surface area contributed by atoms with Crippen molar-refractivity contribution >= 4 is 11.9 Å². The van der Waals surface area contributed by atoms with Crippen LogP contribution in [0.5, 0.6) is 5.88 Å². The van der Waals surface area contributed by atoms with Crippen molar-refractivity contribution < 1.29 is 4.74 Å². The van der Waals surface area contributed by atoms with Crippen LogP contribution in [0.1, 0.15) is 38.2 Å². The van der Waals surface area contributed by atoms with Gasteiger partial charge >= 0.3 is 0 Å². The van der Waals surface area contributed by atoms with Crippen LogP contribution in [0.15, 0.2) is 41.8 Å². The molecule has 2 aromatic heterocycles. The summed E-state index contributed by atoms with van der Waals surface area (Å²) in [6.45, 7) is 7.06. The molecule has 1 N–H and O–H groups in total. The average molecular weight is 410 g/mol. The molecule has 4 rings (SSSR count). The van der Waals surface area contributed by atoms with Gasteiger partial charge in [-0.1, -0.05) is 6.07 Å². The molecule has 0 amide bonds. The summed E-state index contributed by atoms with van der Waals surface area (Å²) in [7, 11) is 0. The quantitative estimate of drug-likeness (QED) is 0.580. The molecule has 0 atom stereocenters. The Bertz CT molecular complexity index is 798. The molecule has 0 aromatic carbocycles. The van der Waals surface area contributed by atoms with Crippen molar-refractivity contribution in [2.75, 3.05) is 37.6 Å². The molecule has 8 nitrogen and oxygen atoms in total. The predicted molar refractivity (Wildman–Crippen MR) is 118 cm³/mol. The number of nitrogens with one attached hydrogen (secondary N) is 1. The van der Waals surface area contributed by atoms with Gasteiger partial charge < -0.3 is 19.9 Å². The number of hydrogen-bond donors (Lipinski definition) is 1. The number of piperazine rings is 1. The lowest BCUT2D eigenvalue weighted by atomic mass is 10.3. The molecule has 160 valence electrons. The Hall–Kier alpha value is -2.90. The van der Waals surface area contributed by atoms with Gasteiger partial charge in [0.25, 0.3) is 0 Å². The summed E-state index contributed by atoms with van der Waals surface area (Å²) in [5.41, 5.74) is 1.08. The van der Waals surface area contributed by atoms with E-state index in [9.17, 15) is 0 Å². The summed E-state index contributed by atoms with van der Waals surface area (Å²) in [5.74, 6) is 2.46. The van der Waals surface area contributed by atoms with Crippen molar-refractivity contribution in [2.24, 2.45) is 4.99 Å².